The van der Waals surface area contributed by atoms with Gasteiger partial charge in [-0.05, 0) is 50.5 Å². The maximum atomic E-state index is 13.7. The third-order valence-corrected chi connectivity index (χ3v) is 9.80. The van der Waals surface area contributed by atoms with Crippen molar-refractivity contribution in [2.75, 3.05) is 31.5 Å². The summed E-state index contributed by atoms with van der Waals surface area (Å²) in [6.07, 6.45) is 1.13. The van der Waals surface area contributed by atoms with Crippen LogP contribution in [0.4, 0.5) is 14.7 Å². The van der Waals surface area contributed by atoms with Crippen LogP contribution in [0.1, 0.15) is 70.9 Å². The lowest BCUT2D eigenvalue weighted by atomic mass is 9.87. The minimum absolute atomic E-state index is 0.00320. The van der Waals surface area contributed by atoms with Gasteiger partial charge in [0.15, 0.2) is 0 Å². The molecular formula is C24H34F2N6O4S. The number of halogens is 2. The normalized spacial score (nSPS) is 27.6. The van der Waals surface area contributed by atoms with Crippen molar-refractivity contribution in [3.8, 4) is 0 Å². The summed E-state index contributed by atoms with van der Waals surface area (Å²) < 4.78 is 57.3. The van der Waals surface area contributed by atoms with Gasteiger partial charge in [-0.15, -0.1) is 0 Å². The number of pyridine rings is 1. The molecule has 204 valence electrons. The Morgan fingerprint density at radius 2 is 1.81 bits per heavy atom. The van der Waals surface area contributed by atoms with Crippen LogP contribution in [0.3, 0.4) is 0 Å². The molecular weight excluding hydrogens is 506 g/mol. The van der Waals surface area contributed by atoms with Crippen LogP contribution in [0.2, 0.25) is 0 Å². The fourth-order valence-electron chi connectivity index (χ4n) is 5.84. The fraction of sp³-hybridized carbons (Fsp3) is 0.708. The van der Waals surface area contributed by atoms with Gasteiger partial charge in [0.1, 0.15) is 5.65 Å². The van der Waals surface area contributed by atoms with Crippen molar-refractivity contribution in [3.05, 3.63) is 28.2 Å². The molecule has 0 aromatic carbocycles. The molecule has 3 fully saturated rings. The standard InChI is InChI=1S/C24H34F2N6O4S/c1-23(2)13-31(14-23)37(35,36)30-9-6-16(7-10-30)28-22-27-12-15-11-17(19(25)26)21(33)32(20(15)29-22)18-5-4-8-24(18,3)34/h11-12,16,18-19,34H,4-10,13-14H2,1-3H3,(H,27,28,29)/t18-,24-/m1/s1. The molecule has 0 bridgehead atoms. The number of hydrogen-bond donors (Lipinski definition) is 2. The molecule has 1 saturated carbocycles. The summed E-state index contributed by atoms with van der Waals surface area (Å²) in [4.78, 5) is 21.9. The Kier molecular flexibility index (Phi) is 6.57. The van der Waals surface area contributed by atoms with Crippen LogP contribution in [-0.4, -0.2) is 74.5 Å². The quantitative estimate of drug-likeness (QED) is 0.578. The number of aliphatic hydroxyl groups is 1. The second-order valence-electron chi connectivity index (χ2n) is 11.6. The van der Waals surface area contributed by atoms with Crippen molar-refractivity contribution in [2.45, 2.75) is 77.0 Å². The largest absolute Gasteiger partial charge is 0.388 e. The van der Waals surface area contributed by atoms with E-state index in [9.17, 15) is 27.1 Å². The Balaban J connectivity index is 1.37. The van der Waals surface area contributed by atoms with Crippen molar-refractivity contribution < 1.29 is 22.3 Å². The molecule has 2 saturated heterocycles. The molecule has 2 atom stereocenters. The lowest BCUT2D eigenvalue weighted by molar-refractivity contribution is 0.0261. The first-order valence-electron chi connectivity index (χ1n) is 12.7. The van der Waals surface area contributed by atoms with Crippen molar-refractivity contribution in [1.29, 1.82) is 0 Å². The predicted octanol–water partition coefficient (Wildman–Crippen LogP) is 2.67. The Labute approximate surface area is 214 Å². The van der Waals surface area contributed by atoms with Crippen molar-refractivity contribution in [2.24, 2.45) is 5.41 Å². The van der Waals surface area contributed by atoms with Crippen LogP contribution < -0.4 is 10.9 Å². The molecule has 2 aliphatic heterocycles. The maximum absolute atomic E-state index is 13.7. The second-order valence-corrected chi connectivity index (χ2v) is 13.5. The zero-order valence-electron chi connectivity index (χ0n) is 21.3. The molecule has 3 aliphatic rings. The van der Waals surface area contributed by atoms with Crippen LogP contribution in [0.25, 0.3) is 11.0 Å². The van der Waals surface area contributed by atoms with Gasteiger partial charge in [-0.3, -0.25) is 9.36 Å². The topological polar surface area (TPSA) is 121 Å². The monoisotopic (exact) mass is 540 g/mol. The van der Waals surface area contributed by atoms with Gasteiger partial charge >= 0.3 is 0 Å². The number of hydrogen-bond acceptors (Lipinski definition) is 7. The molecule has 5 rings (SSSR count). The lowest BCUT2D eigenvalue weighted by Gasteiger charge is -2.47. The van der Waals surface area contributed by atoms with Gasteiger partial charge in [0.2, 0.25) is 5.95 Å². The van der Waals surface area contributed by atoms with Gasteiger partial charge in [-0.1, -0.05) is 13.8 Å². The molecule has 0 radical (unpaired) electrons. The molecule has 37 heavy (non-hydrogen) atoms. The number of piperidine rings is 1. The van der Waals surface area contributed by atoms with Gasteiger partial charge in [-0.25, -0.2) is 13.8 Å². The predicted molar refractivity (Wildman–Crippen MR) is 135 cm³/mol. The average Bonchev–Trinajstić information content (AvgIpc) is 3.15. The fourth-order valence-corrected chi connectivity index (χ4v) is 7.87. The molecule has 0 unspecified atom stereocenters. The number of anilines is 1. The van der Waals surface area contributed by atoms with Gasteiger partial charge in [0.05, 0.1) is 17.2 Å². The number of fused-ring (bicyclic) bond motifs is 1. The van der Waals surface area contributed by atoms with Gasteiger partial charge in [-0.2, -0.15) is 22.0 Å². The highest BCUT2D eigenvalue weighted by Crippen LogP contribution is 2.40. The summed E-state index contributed by atoms with van der Waals surface area (Å²) in [5, 5.41) is 14.4. The first-order valence-corrected chi connectivity index (χ1v) is 14.1. The van der Waals surface area contributed by atoms with E-state index in [4.69, 9.17) is 0 Å². The highest BCUT2D eigenvalue weighted by molar-refractivity contribution is 7.86. The Hall–Kier alpha value is -2.22. The van der Waals surface area contributed by atoms with Crippen LogP contribution >= 0.6 is 0 Å². The SMILES string of the molecule is CC1(C)CN(S(=O)(=O)N2CCC(Nc3ncc4cc(C(F)F)c(=O)n([C@@H]5CCC[C@@]5(C)O)c4n3)CC2)C1. The molecule has 1 aliphatic carbocycles. The maximum Gasteiger partial charge on any atom is 0.282 e. The first-order chi connectivity index (χ1) is 17.3. The summed E-state index contributed by atoms with van der Waals surface area (Å²) in [5.74, 6) is 0.230. The Bertz CT molecular complexity index is 1350. The van der Waals surface area contributed by atoms with E-state index in [0.717, 1.165) is 6.07 Å². The highest BCUT2D eigenvalue weighted by Gasteiger charge is 2.44. The third-order valence-electron chi connectivity index (χ3n) is 7.87. The molecule has 13 heteroatoms. The van der Waals surface area contributed by atoms with E-state index >= 15 is 0 Å². The zero-order chi connectivity index (χ0) is 26.8. The highest BCUT2D eigenvalue weighted by atomic mass is 32.2. The Morgan fingerprint density at radius 3 is 2.38 bits per heavy atom. The number of nitrogens with zero attached hydrogens (tertiary/aromatic N) is 5. The van der Waals surface area contributed by atoms with E-state index in [2.05, 4.69) is 15.3 Å². The summed E-state index contributed by atoms with van der Waals surface area (Å²) >= 11 is 0. The smallest absolute Gasteiger partial charge is 0.282 e. The second kappa shape index (κ2) is 9.21. The number of aromatic nitrogens is 3. The summed E-state index contributed by atoms with van der Waals surface area (Å²) in [5.41, 5.74) is -2.52. The van der Waals surface area contributed by atoms with E-state index in [1.165, 1.54) is 19.4 Å². The number of rotatable bonds is 6. The van der Waals surface area contributed by atoms with Gasteiger partial charge in [0.25, 0.3) is 22.2 Å². The molecule has 2 N–H and O–H groups in total. The lowest BCUT2D eigenvalue weighted by Crippen LogP contribution is -2.60. The van der Waals surface area contributed by atoms with Gasteiger partial charge in [0, 0.05) is 43.8 Å². The van der Waals surface area contributed by atoms with Crippen molar-refractivity contribution in [3.63, 3.8) is 0 Å². The molecule has 10 nitrogen and oxygen atoms in total. The van der Waals surface area contributed by atoms with Crippen LogP contribution in [0.15, 0.2) is 17.1 Å². The van der Waals surface area contributed by atoms with E-state index in [1.807, 2.05) is 13.8 Å². The van der Waals surface area contributed by atoms with E-state index in [0.29, 0.717) is 63.7 Å². The molecule has 0 amide bonds. The van der Waals surface area contributed by atoms with Gasteiger partial charge < -0.3 is 10.4 Å². The summed E-state index contributed by atoms with van der Waals surface area (Å²) in [6, 6.07) is 0.350. The average molecular weight is 541 g/mol. The van der Waals surface area contributed by atoms with E-state index < -0.39 is 39.4 Å². The van der Waals surface area contributed by atoms with Crippen molar-refractivity contribution in [1.82, 2.24) is 23.1 Å². The third kappa shape index (κ3) is 4.86. The number of nitrogens with one attached hydrogen (secondary N) is 1. The van der Waals surface area contributed by atoms with E-state index in [1.54, 1.807) is 6.92 Å². The van der Waals surface area contributed by atoms with E-state index in [-0.39, 0.29) is 23.1 Å². The number of alkyl halides is 2. The molecule has 0 spiro atoms. The van der Waals surface area contributed by atoms with Crippen LogP contribution in [0.5, 0.6) is 0 Å². The summed E-state index contributed by atoms with van der Waals surface area (Å²) in [6.45, 7) is 7.44. The minimum Gasteiger partial charge on any atom is -0.388 e. The zero-order valence-corrected chi connectivity index (χ0v) is 22.1. The van der Waals surface area contributed by atoms with Crippen LogP contribution in [-0.2, 0) is 10.2 Å². The molecule has 4 heterocycles. The van der Waals surface area contributed by atoms with Crippen molar-refractivity contribution >= 4 is 27.2 Å². The first kappa shape index (κ1) is 26.4. The molecule has 2 aromatic rings. The summed E-state index contributed by atoms with van der Waals surface area (Å²) in [7, 11) is -3.48. The van der Waals surface area contributed by atoms with Crippen LogP contribution in [0, 0.1) is 5.41 Å². The Morgan fingerprint density at radius 1 is 1.14 bits per heavy atom. The minimum atomic E-state index is -3.48. The molecule has 2 aromatic heterocycles.